The second-order valence-corrected chi connectivity index (χ2v) is 9.65. The highest BCUT2D eigenvalue weighted by Gasteiger charge is 2.31. The molecule has 3 aromatic rings. The van der Waals surface area contributed by atoms with Crippen molar-refractivity contribution in [2.24, 2.45) is 0 Å². The molecule has 1 saturated heterocycles. The molecule has 0 N–H and O–H groups in total. The van der Waals surface area contributed by atoms with Gasteiger partial charge in [0.1, 0.15) is 5.75 Å². The zero-order valence-electron chi connectivity index (χ0n) is 19.7. The molecule has 2 aliphatic heterocycles. The summed E-state index contributed by atoms with van der Waals surface area (Å²) in [5.74, 6) is 0.692. The number of hydrogen-bond acceptors (Lipinski definition) is 4. The number of likely N-dealkylation sites (tertiary alicyclic amines) is 1. The number of aromatic nitrogens is 1. The van der Waals surface area contributed by atoms with Crippen LogP contribution in [-0.2, 0) is 17.9 Å². The van der Waals surface area contributed by atoms with E-state index in [0.717, 1.165) is 24.2 Å². The van der Waals surface area contributed by atoms with Crippen molar-refractivity contribution in [3.63, 3.8) is 0 Å². The summed E-state index contributed by atoms with van der Waals surface area (Å²) in [6.07, 6.45) is 1.53. The Hall–Kier alpha value is -3.38. The lowest BCUT2D eigenvalue weighted by atomic mass is 9.89. The highest BCUT2D eigenvalue weighted by atomic mass is 35.5. The molecule has 0 saturated carbocycles. The fourth-order valence-corrected chi connectivity index (χ4v) is 5.09. The van der Waals surface area contributed by atoms with E-state index in [2.05, 4.69) is 12.1 Å². The second-order valence-electron chi connectivity index (χ2n) is 9.22. The molecule has 1 aromatic heterocycles. The molecule has 3 heterocycles. The number of aryl methyl sites for hydroxylation is 1. The van der Waals surface area contributed by atoms with Crippen molar-refractivity contribution in [3.8, 4) is 5.75 Å². The summed E-state index contributed by atoms with van der Waals surface area (Å²) in [7, 11) is 0. The van der Waals surface area contributed by atoms with Crippen molar-refractivity contribution in [2.45, 2.75) is 38.8 Å². The third kappa shape index (κ3) is 5.17. The van der Waals surface area contributed by atoms with E-state index in [9.17, 15) is 9.59 Å². The van der Waals surface area contributed by atoms with E-state index in [1.807, 2.05) is 41.0 Å². The van der Waals surface area contributed by atoms with Crippen LogP contribution in [0.1, 0.15) is 51.6 Å². The van der Waals surface area contributed by atoms with Gasteiger partial charge in [-0.1, -0.05) is 41.9 Å². The molecule has 0 spiro atoms. The summed E-state index contributed by atoms with van der Waals surface area (Å²) in [6.45, 7) is 4.41. The molecule has 0 radical (unpaired) electrons. The lowest BCUT2D eigenvalue weighted by Gasteiger charge is -2.32. The van der Waals surface area contributed by atoms with Gasteiger partial charge in [0.2, 0.25) is 0 Å². The van der Waals surface area contributed by atoms with Crippen molar-refractivity contribution in [1.29, 1.82) is 0 Å². The predicted molar refractivity (Wildman–Crippen MR) is 134 cm³/mol. The Kier molecular flexibility index (Phi) is 6.73. The van der Waals surface area contributed by atoms with E-state index < -0.39 is 0 Å². The number of carbonyl (C=O) groups excluding carboxylic acids is 2. The molecular formula is C28H28ClN3O3. The quantitative estimate of drug-likeness (QED) is 0.507. The van der Waals surface area contributed by atoms with Crippen molar-refractivity contribution >= 4 is 23.4 Å². The molecule has 2 amide bonds. The Bertz CT molecular complexity index is 1230. The van der Waals surface area contributed by atoms with Crippen LogP contribution in [0, 0.1) is 6.92 Å². The van der Waals surface area contributed by atoms with Crippen LogP contribution in [0.5, 0.6) is 5.75 Å². The summed E-state index contributed by atoms with van der Waals surface area (Å²) in [6, 6.07) is 19.1. The Morgan fingerprint density at radius 2 is 1.69 bits per heavy atom. The number of rotatable bonds is 5. The van der Waals surface area contributed by atoms with Gasteiger partial charge in [0.05, 0.1) is 11.3 Å². The van der Waals surface area contributed by atoms with Crippen molar-refractivity contribution in [3.05, 3.63) is 93.8 Å². The lowest BCUT2D eigenvalue weighted by molar-refractivity contribution is -0.134. The molecule has 2 aliphatic rings. The van der Waals surface area contributed by atoms with Gasteiger partial charge in [0.25, 0.3) is 11.8 Å². The van der Waals surface area contributed by atoms with Crippen LogP contribution in [0.4, 0.5) is 0 Å². The van der Waals surface area contributed by atoms with Crippen molar-refractivity contribution < 1.29 is 14.3 Å². The minimum atomic E-state index is -0.0493. The lowest BCUT2D eigenvalue weighted by Crippen LogP contribution is -2.41. The van der Waals surface area contributed by atoms with E-state index in [-0.39, 0.29) is 24.3 Å². The van der Waals surface area contributed by atoms with E-state index >= 15 is 0 Å². The SMILES string of the molecule is Cc1ccc(C(=O)N2Cc3ccccc3C2)c(C2CCN(C(=O)COc3cccc(Cl)c3)CC2)n1. The number of halogens is 1. The fraction of sp³-hybridized carbons (Fsp3) is 0.321. The molecule has 2 aromatic carbocycles. The van der Waals surface area contributed by atoms with E-state index in [4.69, 9.17) is 21.3 Å². The normalized spacial score (nSPS) is 15.7. The van der Waals surface area contributed by atoms with Gasteiger partial charge in [0.15, 0.2) is 6.61 Å². The maximum absolute atomic E-state index is 13.5. The Labute approximate surface area is 210 Å². The predicted octanol–water partition coefficient (Wildman–Crippen LogP) is 4.98. The summed E-state index contributed by atoms with van der Waals surface area (Å²) in [4.78, 5) is 34.7. The van der Waals surface area contributed by atoms with Gasteiger partial charge in [-0.05, 0) is 61.2 Å². The average Bonchev–Trinajstić information content (AvgIpc) is 3.31. The van der Waals surface area contributed by atoms with E-state index in [0.29, 0.717) is 42.5 Å². The third-order valence-corrected chi connectivity index (χ3v) is 7.05. The monoisotopic (exact) mass is 489 g/mol. The second kappa shape index (κ2) is 10.1. The van der Waals surface area contributed by atoms with Crippen molar-refractivity contribution in [1.82, 2.24) is 14.8 Å². The van der Waals surface area contributed by atoms with Gasteiger partial charge in [-0.25, -0.2) is 0 Å². The molecule has 0 bridgehead atoms. The Morgan fingerprint density at radius 3 is 2.37 bits per heavy atom. The maximum Gasteiger partial charge on any atom is 0.260 e. The molecule has 35 heavy (non-hydrogen) atoms. The number of ether oxygens (including phenoxy) is 1. The number of piperidine rings is 1. The minimum absolute atomic E-state index is 0.0209. The largest absolute Gasteiger partial charge is 0.484 e. The summed E-state index contributed by atoms with van der Waals surface area (Å²) >= 11 is 5.99. The summed E-state index contributed by atoms with van der Waals surface area (Å²) in [5.41, 5.74) is 4.84. The van der Waals surface area contributed by atoms with Gasteiger partial charge in [-0.15, -0.1) is 0 Å². The average molecular weight is 490 g/mol. The summed E-state index contributed by atoms with van der Waals surface area (Å²) < 4.78 is 5.63. The van der Waals surface area contributed by atoms with E-state index in [1.165, 1.54) is 11.1 Å². The Morgan fingerprint density at radius 1 is 0.971 bits per heavy atom. The Balaban J connectivity index is 1.23. The van der Waals surface area contributed by atoms with Gasteiger partial charge >= 0.3 is 0 Å². The molecular weight excluding hydrogens is 462 g/mol. The number of carbonyl (C=O) groups is 2. The molecule has 1 fully saturated rings. The highest BCUT2D eigenvalue weighted by molar-refractivity contribution is 6.30. The van der Waals surface area contributed by atoms with Crippen LogP contribution in [0.15, 0.2) is 60.7 Å². The van der Waals surface area contributed by atoms with Gasteiger partial charge in [-0.3, -0.25) is 14.6 Å². The topological polar surface area (TPSA) is 62.7 Å². The van der Waals surface area contributed by atoms with E-state index in [1.54, 1.807) is 24.3 Å². The number of pyridine rings is 1. The maximum atomic E-state index is 13.5. The fourth-order valence-electron chi connectivity index (χ4n) is 4.91. The minimum Gasteiger partial charge on any atom is -0.484 e. The van der Waals surface area contributed by atoms with Crippen molar-refractivity contribution in [2.75, 3.05) is 19.7 Å². The first-order valence-electron chi connectivity index (χ1n) is 12.0. The van der Waals surface area contributed by atoms with Gasteiger partial charge < -0.3 is 14.5 Å². The first-order valence-corrected chi connectivity index (χ1v) is 12.4. The molecule has 5 rings (SSSR count). The first-order chi connectivity index (χ1) is 17.0. The molecule has 0 unspecified atom stereocenters. The van der Waals surface area contributed by atoms with Crippen LogP contribution in [0.3, 0.4) is 0 Å². The van der Waals surface area contributed by atoms with Gasteiger partial charge in [-0.2, -0.15) is 0 Å². The first kappa shape index (κ1) is 23.4. The smallest absolute Gasteiger partial charge is 0.260 e. The van der Waals surface area contributed by atoms with Crippen LogP contribution in [0.25, 0.3) is 0 Å². The molecule has 0 aliphatic carbocycles. The molecule has 7 heteroatoms. The van der Waals surface area contributed by atoms with Crippen LogP contribution >= 0.6 is 11.6 Å². The van der Waals surface area contributed by atoms with Crippen LogP contribution < -0.4 is 4.74 Å². The summed E-state index contributed by atoms with van der Waals surface area (Å²) in [5, 5.41) is 0.574. The zero-order chi connectivity index (χ0) is 24.4. The number of hydrogen-bond donors (Lipinski definition) is 0. The standard InChI is InChI=1S/C28H28ClN3O3/c1-19-9-10-25(28(34)32-16-21-5-2-3-6-22(21)17-32)27(30-19)20-11-13-31(14-12-20)26(33)18-35-24-8-4-7-23(29)15-24/h2-10,15,20H,11-14,16-18H2,1H3. The number of amides is 2. The number of fused-ring (bicyclic) bond motifs is 1. The highest BCUT2D eigenvalue weighted by Crippen LogP contribution is 2.32. The number of nitrogens with zero attached hydrogens (tertiary/aromatic N) is 3. The third-order valence-electron chi connectivity index (χ3n) is 6.82. The van der Waals surface area contributed by atoms with Gasteiger partial charge in [0, 0.05) is 42.8 Å². The molecule has 180 valence electrons. The molecule has 0 atom stereocenters. The van der Waals surface area contributed by atoms with Crippen LogP contribution in [0.2, 0.25) is 5.02 Å². The molecule has 6 nitrogen and oxygen atoms in total. The number of benzene rings is 2. The van der Waals surface area contributed by atoms with Crippen LogP contribution in [-0.4, -0.2) is 46.3 Å². The zero-order valence-corrected chi connectivity index (χ0v) is 20.5.